The van der Waals surface area contributed by atoms with Gasteiger partial charge in [0, 0.05) is 24.2 Å². The lowest BCUT2D eigenvalue weighted by atomic mass is 10.3. The maximum atomic E-state index is 11.1. The molecule has 0 rings (SSSR count). The van der Waals surface area contributed by atoms with Crippen LogP contribution in [0.3, 0.4) is 0 Å². The zero-order valence-electron chi connectivity index (χ0n) is 8.22. The first kappa shape index (κ1) is 13.2. The number of rotatable bonds is 7. The Kier molecular flexibility index (Phi) is 6.73. The Bertz CT molecular complexity index is 216. The van der Waals surface area contributed by atoms with Gasteiger partial charge in [0.25, 0.3) is 0 Å². The van der Waals surface area contributed by atoms with Gasteiger partial charge in [0.2, 0.25) is 0 Å². The Hall–Kier alpha value is 0.200. The molecule has 1 N–H and O–H groups in total. The molecule has 1 unspecified atom stereocenters. The lowest BCUT2D eigenvalue weighted by Gasteiger charge is -2.11. The molecule has 0 radical (unpaired) electrons. The number of hydrogen-bond donors (Lipinski definition) is 1. The third-order valence-electron chi connectivity index (χ3n) is 1.89. The van der Waals surface area contributed by atoms with Crippen LogP contribution in [0.15, 0.2) is 0 Å². The van der Waals surface area contributed by atoms with Crippen LogP contribution in [0.2, 0.25) is 0 Å². The van der Waals surface area contributed by atoms with Gasteiger partial charge in [-0.2, -0.15) is 0 Å². The summed E-state index contributed by atoms with van der Waals surface area (Å²) in [6.45, 7) is 4.19. The third-order valence-corrected chi connectivity index (χ3v) is 3.81. The Morgan fingerprint density at radius 3 is 2.54 bits per heavy atom. The summed E-state index contributed by atoms with van der Waals surface area (Å²) in [7, 11) is -2.83. The van der Waals surface area contributed by atoms with E-state index in [-0.39, 0.29) is 11.5 Å². The molecule has 0 aromatic heterocycles. The van der Waals surface area contributed by atoms with Crippen molar-refractivity contribution in [3.05, 3.63) is 0 Å². The van der Waals surface area contributed by atoms with Gasteiger partial charge >= 0.3 is 0 Å². The molecule has 0 fully saturated rings. The monoisotopic (exact) mass is 227 g/mol. The van der Waals surface area contributed by atoms with E-state index in [1.165, 1.54) is 0 Å². The van der Waals surface area contributed by atoms with Crippen LogP contribution < -0.4 is 5.32 Å². The highest BCUT2D eigenvalue weighted by Gasteiger charge is 2.07. The molecule has 0 aliphatic carbocycles. The fourth-order valence-corrected chi connectivity index (χ4v) is 1.92. The Balaban J connectivity index is 3.56. The highest BCUT2D eigenvalue weighted by molar-refractivity contribution is 7.91. The largest absolute Gasteiger partial charge is 0.313 e. The topological polar surface area (TPSA) is 46.2 Å². The molecular weight excluding hydrogens is 210 g/mol. The van der Waals surface area contributed by atoms with E-state index in [0.29, 0.717) is 18.5 Å². The fourth-order valence-electron chi connectivity index (χ4n) is 0.871. The number of sulfone groups is 1. The molecule has 0 amide bonds. The van der Waals surface area contributed by atoms with Gasteiger partial charge in [-0.3, -0.25) is 0 Å². The normalized spacial score (nSPS) is 14.4. The summed E-state index contributed by atoms with van der Waals surface area (Å²) in [5.74, 6) is 1.05. The minimum atomic E-state index is -2.83. The van der Waals surface area contributed by atoms with Gasteiger partial charge in [-0.1, -0.05) is 6.92 Å². The van der Waals surface area contributed by atoms with E-state index >= 15 is 0 Å². The second-order valence-corrected chi connectivity index (χ2v) is 5.92. The first-order valence-corrected chi connectivity index (χ1v) is 6.87. The quantitative estimate of drug-likeness (QED) is 0.661. The average molecular weight is 228 g/mol. The van der Waals surface area contributed by atoms with Crippen molar-refractivity contribution < 1.29 is 8.42 Å². The fraction of sp³-hybridized carbons (Fsp3) is 1.00. The average Bonchev–Trinajstić information content (AvgIpc) is 2.05. The van der Waals surface area contributed by atoms with Crippen LogP contribution in [0, 0.1) is 0 Å². The van der Waals surface area contributed by atoms with Crippen molar-refractivity contribution in [1.82, 2.24) is 5.32 Å². The van der Waals surface area contributed by atoms with Crippen LogP contribution in [0.5, 0.6) is 0 Å². The molecule has 3 nitrogen and oxygen atoms in total. The van der Waals surface area contributed by atoms with Gasteiger partial charge < -0.3 is 5.32 Å². The molecule has 0 aliphatic heterocycles. The first-order chi connectivity index (χ1) is 6.02. The SMILES string of the molecule is CCS(=O)(=O)CCNC(C)CCCl. The summed E-state index contributed by atoms with van der Waals surface area (Å²) in [4.78, 5) is 0. The molecular formula is C8H18ClNO2S. The molecule has 0 aliphatic rings. The van der Waals surface area contributed by atoms with E-state index in [4.69, 9.17) is 11.6 Å². The van der Waals surface area contributed by atoms with Gasteiger partial charge in [-0.15, -0.1) is 11.6 Å². The van der Waals surface area contributed by atoms with Gasteiger partial charge in [-0.05, 0) is 13.3 Å². The number of alkyl halides is 1. The first-order valence-electron chi connectivity index (χ1n) is 4.51. The van der Waals surface area contributed by atoms with Crippen molar-refractivity contribution in [1.29, 1.82) is 0 Å². The van der Waals surface area contributed by atoms with E-state index in [9.17, 15) is 8.42 Å². The van der Waals surface area contributed by atoms with Crippen molar-refractivity contribution in [2.45, 2.75) is 26.3 Å². The summed E-state index contributed by atoms with van der Waals surface area (Å²) >= 11 is 5.53. The smallest absolute Gasteiger partial charge is 0.151 e. The van der Waals surface area contributed by atoms with Crippen molar-refractivity contribution in [2.24, 2.45) is 0 Å². The van der Waals surface area contributed by atoms with Crippen LogP contribution >= 0.6 is 11.6 Å². The molecule has 0 aromatic carbocycles. The number of halogens is 1. The molecule has 13 heavy (non-hydrogen) atoms. The molecule has 0 saturated heterocycles. The minimum Gasteiger partial charge on any atom is -0.313 e. The molecule has 0 heterocycles. The lowest BCUT2D eigenvalue weighted by Crippen LogP contribution is -2.31. The Morgan fingerprint density at radius 1 is 1.46 bits per heavy atom. The maximum absolute atomic E-state index is 11.1. The molecule has 1 atom stereocenters. The van der Waals surface area contributed by atoms with Gasteiger partial charge in [0.15, 0.2) is 9.84 Å². The third kappa shape index (κ3) is 7.28. The summed E-state index contributed by atoms with van der Waals surface area (Å²) < 4.78 is 22.1. The van der Waals surface area contributed by atoms with Crippen LogP contribution in [-0.4, -0.2) is 38.4 Å². The van der Waals surface area contributed by atoms with E-state index in [2.05, 4.69) is 5.32 Å². The van der Waals surface area contributed by atoms with Crippen LogP contribution in [0.25, 0.3) is 0 Å². The second kappa shape index (κ2) is 6.62. The van der Waals surface area contributed by atoms with E-state index in [1.54, 1.807) is 6.92 Å². The second-order valence-electron chi connectivity index (χ2n) is 3.07. The molecule has 0 saturated carbocycles. The van der Waals surface area contributed by atoms with E-state index in [0.717, 1.165) is 6.42 Å². The zero-order valence-corrected chi connectivity index (χ0v) is 9.79. The summed E-state index contributed by atoms with van der Waals surface area (Å²) in [5.41, 5.74) is 0. The van der Waals surface area contributed by atoms with E-state index < -0.39 is 9.84 Å². The predicted octanol–water partition coefficient (Wildman–Crippen LogP) is 1.03. The summed E-state index contributed by atoms with van der Waals surface area (Å²) in [6, 6.07) is 0.296. The van der Waals surface area contributed by atoms with Gasteiger partial charge in [0.05, 0.1) is 5.75 Å². The van der Waals surface area contributed by atoms with Gasteiger partial charge in [-0.25, -0.2) is 8.42 Å². The van der Waals surface area contributed by atoms with Crippen LogP contribution in [-0.2, 0) is 9.84 Å². The van der Waals surface area contributed by atoms with Crippen LogP contribution in [0.1, 0.15) is 20.3 Å². The minimum absolute atomic E-state index is 0.218. The highest BCUT2D eigenvalue weighted by atomic mass is 35.5. The predicted molar refractivity (Wildman–Crippen MR) is 57.1 cm³/mol. The lowest BCUT2D eigenvalue weighted by molar-refractivity contribution is 0.547. The molecule has 0 spiro atoms. The molecule has 80 valence electrons. The molecule has 5 heteroatoms. The molecule has 0 aromatic rings. The highest BCUT2D eigenvalue weighted by Crippen LogP contribution is 1.93. The maximum Gasteiger partial charge on any atom is 0.151 e. The van der Waals surface area contributed by atoms with Gasteiger partial charge in [0.1, 0.15) is 0 Å². The van der Waals surface area contributed by atoms with Crippen molar-refractivity contribution in [3.63, 3.8) is 0 Å². The summed E-state index contributed by atoms with van der Waals surface area (Å²) in [5, 5.41) is 3.11. The van der Waals surface area contributed by atoms with Crippen molar-refractivity contribution >= 4 is 21.4 Å². The number of hydrogen-bond acceptors (Lipinski definition) is 3. The standard InChI is InChI=1S/C8H18ClNO2S/c1-3-13(11,12)7-6-10-8(2)4-5-9/h8,10H,3-7H2,1-2H3. The van der Waals surface area contributed by atoms with Crippen molar-refractivity contribution in [2.75, 3.05) is 23.9 Å². The van der Waals surface area contributed by atoms with E-state index in [1.807, 2.05) is 6.92 Å². The van der Waals surface area contributed by atoms with Crippen molar-refractivity contribution in [3.8, 4) is 0 Å². The Labute approximate surface area is 85.8 Å². The van der Waals surface area contributed by atoms with Crippen LogP contribution in [0.4, 0.5) is 0 Å². The Morgan fingerprint density at radius 2 is 2.08 bits per heavy atom. The summed E-state index contributed by atoms with van der Waals surface area (Å²) in [6.07, 6.45) is 0.869. The zero-order chi connectivity index (χ0) is 10.3. The number of nitrogens with one attached hydrogen (secondary N) is 1. The molecule has 0 bridgehead atoms.